The maximum atomic E-state index is 12.7. The first-order valence-corrected chi connectivity index (χ1v) is 11.5. The number of amides is 2. The summed E-state index contributed by atoms with van der Waals surface area (Å²) in [6, 6.07) is 11.4. The van der Waals surface area contributed by atoms with Gasteiger partial charge < -0.3 is 20.1 Å². The molecule has 0 spiro atoms. The molecule has 3 aromatic rings. The second-order valence-electron chi connectivity index (χ2n) is 8.18. The van der Waals surface area contributed by atoms with Gasteiger partial charge in [0.2, 0.25) is 0 Å². The maximum absolute atomic E-state index is 12.7. The van der Waals surface area contributed by atoms with Gasteiger partial charge in [-0.05, 0) is 55.5 Å². The molecule has 1 aromatic heterocycles. The predicted octanol–water partition coefficient (Wildman–Crippen LogP) is 5.66. The average Bonchev–Trinajstić information content (AvgIpc) is 3.22. The first kappa shape index (κ1) is 24.0. The number of ether oxygens (including phenoxy) is 1. The van der Waals surface area contributed by atoms with Crippen LogP contribution in [0.3, 0.4) is 0 Å². The average molecular weight is 492 g/mol. The molecule has 0 atom stereocenters. The Balaban J connectivity index is 1.40. The van der Waals surface area contributed by atoms with Crippen LogP contribution in [-0.4, -0.2) is 41.2 Å². The lowest BCUT2D eigenvalue weighted by Gasteiger charge is -2.36. The van der Waals surface area contributed by atoms with E-state index in [4.69, 9.17) is 9.72 Å². The molecular weight excluding hydrogens is 467 g/mol. The number of nitrogens with one attached hydrogen (secondary N) is 1. The summed E-state index contributed by atoms with van der Waals surface area (Å²) in [5, 5.41) is 14.5. The predicted molar refractivity (Wildman–Crippen MR) is 124 cm³/mol. The third-order valence-corrected chi connectivity index (χ3v) is 7.06. The Kier molecular flexibility index (Phi) is 6.55. The zero-order valence-corrected chi connectivity index (χ0v) is 19.5. The van der Waals surface area contributed by atoms with Crippen LogP contribution in [0.5, 0.6) is 5.75 Å². The lowest BCUT2D eigenvalue weighted by Crippen LogP contribution is -2.46. The molecule has 2 aromatic carbocycles. The number of hydrogen-bond donors (Lipinski definition) is 2. The minimum Gasteiger partial charge on any atom is -0.497 e. The first-order chi connectivity index (χ1) is 16.1. The van der Waals surface area contributed by atoms with Gasteiger partial charge >= 0.3 is 12.2 Å². The second kappa shape index (κ2) is 9.27. The molecule has 2 amide bonds. The van der Waals surface area contributed by atoms with Crippen LogP contribution in [0.2, 0.25) is 0 Å². The molecule has 4 rings (SSSR count). The van der Waals surface area contributed by atoms with Gasteiger partial charge in [0.25, 0.3) is 0 Å². The van der Waals surface area contributed by atoms with Crippen LogP contribution in [-0.2, 0) is 11.8 Å². The summed E-state index contributed by atoms with van der Waals surface area (Å²) in [7, 11) is 1.60. The van der Waals surface area contributed by atoms with Crippen LogP contribution in [0.25, 0.3) is 11.3 Å². The van der Waals surface area contributed by atoms with Gasteiger partial charge in [-0.1, -0.05) is 0 Å². The molecule has 180 valence electrons. The van der Waals surface area contributed by atoms with E-state index in [0.717, 1.165) is 34.0 Å². The number of carbonyl (C=O) groups is 1. The van der Waals surface area contributed by atoms with Gasteiger partial charge in [0, 0.05) is 42.1 Å². The molecule has 1 aliphatic heterocycles. The summed E-state index contributed by atoms with van der Waals surface area (Å²) in [6.45, 7) is 2.54. The summed E-state index contributed by atoms with van der Waals surface area (Å²) >= 11 is 1.44. The number of aryl methyl sites for hydroxylation is 1. The van der Waals surface area contributed by atoms with Crippen LogP contribution >= 0.6 is 11.3 Å². The Hall–Kier alpha value is -3.11. The maximum Gasteiger partial charge on any atom is 0.416 e. The highest BCUT2D eigenvalue weighted by Crippen LogP contribution is 2.39. The number of benzene rings is 2. The van der Waals surface area contributed by atoms with E-state index in [1.165, 1.54) is 28.4 Å². The smallest absolute Gasteiger partial charge is 0.416 e. The number of aromatic nitrogens is 1. The van der Waals surface area contributed by atoms with Crippen LogP contribution < -0.4 is 10.1 Å². The number of aliphatic hydroxyl groups is 1. The molecule has 6 nitrogen and oxygen atoms in total. The number of rotatable bonds is 4. The van der Waals surface area contributed by atoms with Crippen molar-refractivity contribution >= 4 is 23.1 Å². The van der Waals surface area contributed by atoms with Gasteiger partial charge in [0.15, 0.2) is 0 Å². The normalized spacial score (nSPS) is 15.8. The summed E-state index contributed by atoms with van der Waals surface area (Å²) in [6.07, 6.45) is -3.81. The van der Waals surface area contributed by atoms with Crippen molar-refractivity contribution < 1.29 is 27.8 Å². The zero-order chi connectivity index (χ0) is 24.5. The molecule has 2 heterocycles. The number of methoxy groups -OCH3 is 1. The molecule has 0 saturated carbocycles. The summed E-state index contributed by atoms with van der Waals surface area (Å²) in [5.41, 5.74) is 0.0850. The van der Waals surface area contributed by atoms with E-state index in [2.05, 4.69) is 5.32 Å². The van der Waals surface area contributed by atoms with E-state index in [0.29, 0.717) is 30.9 Å². The standard InChI is InChI=1S/C24H24F3N3O3S/c1-15-20(16-3-9-19(33-2)10-4-16)29-21(34-15)23(32)11-13-30(14-12-23)22(31)28-18-7-5-17(6-8-18)24(25,26)27/h3-10,32H,11-14H2,1-2H3,(H,28,31). The summed E-state index contributed by atoms with van der Waals surface area (Å²) < 4.78 is 43.3. The van der Waals surface area contributed by atoms with Crippen molar-refractivity contribution in [2.75, 3.05) is 25.5 Å². The Labute approximate surface area is 199 Å². The fourth-order valence-electron chi connectivity index (χ4n) is 3.85. The van der Waals surface area contributed by atoms with Crippen molar-refractivity contribution in [1.82, 2.24) is 9.88 Å². The summed E-state index contributed by atoms with van der Waals surface area (Å²) in [4.78, 5) is 19.8. The van der Waals surface area contributed by atoms with Gasteiger partial charge in [-0.2, -0.15) is 13.2 Å². The molecule has 1 aliphatic rings. The molecule has 34 heavy (non-hydrogen) atoms. The SMILES string of the molecule is COc1ccc(-c2nc(C3(O)CCN(C(=O)Nc4ccc(C(F)(F)F)cc4)CC3)sc2C)cc1. The molecule has 10 heteroatoms. The number of piperidine rings is 1. The number of hydrogen-bond acceptors (Lipinski definition) is 5. The van der Waals surface area contributed by atoms with Crippen LogP contribution in [0.15, 0.2) is 48.5 Å². The van der Waals surface area contributed by atoms with Crippen molar-refractivity contribution in [3.05, 3.63) is 64.0 Å². The highest BCUT2D eigenvalue weighted by atomic mass is 32.1. The number of anilines is 1. The largest absolute Gasteiger partial charge is 0.497 e. The van der Waals surface area contributed by atoms with Crippen LogP contribution in [0.1, 0.15) is 28.3 Å². The molecule has 0 radical (unpaired) electrons. The third kappa shape index (κ3) is 5.02. The Morgan fingerprint density at radius 3 is 2.29 bits per heavy atom. The number of urea groups is 1. The topological polar surface area (TPSA) is 74.7 Å². The first-order valence-electron chi connectivity index (χ1n) is 10.7. The van der Waals surface area contributed by atoms with Gasteiger partial charge in [0.1, 0.15) is 16.4 Å². The quantitative estimate of drug-likeness (QED) is 0.494. The van der Waals surface area contributed by atoms with E-state index in [1.54, 1.807) is 7.11 Å². The molecular formula is C24H24F3N3O3S. The second-order valence-corrected chi connectivity index (χ2v) is 9.38. The molecule has 1 fully saturated rings. The molecule has 1 saturated heterocycles. The number of likely N-dealkylation sites (tertiary alicyclic amines) is 1. The van der Waals surface area contributed by atoms with Crippen molar-refractivity contribution in [2.45, 2.75) is 31.5 Å². The number of nitrogens with zero attached hydrogens (tertiary/aromatic N) is 2. The minimum absolute atomic E-state index is 0.276. The number of thiazole rings is 1. The molecule has 0 bridgehead atoms. The van der Waals surface area contributed by atoms with Crippen molar-refractivity contribution in [1.29, 1.82) is 0 Å². The van der Waals surface area contributed by atoms with Gasteiger partial charge in [-0.3, -0.25) is 0 Å². The minimum atomic E-state index is -4.43. The molecule has 0 unspecified atom stereocenters. The van der Waals surface area contributed by atoms with Crippen molar-refractivity contribution in [3.63, 3.8) is 0 Å². The Morgan fingerprint density at radius 2 is 1.74 bits per heavy atom. The van der Waals surface area contributed by atoms with Gasteiger partial charge in [-0.25, -0.2) is 9.78 Å². The van der Waals surface area contributed by atoms with E-state index < -0.39 is 23.4 Å². The van der Waals surface area contributed by atoms with Crippen molar-refractivity contribution in [2.24, 2.45) is 0 Å². The summed E-state index contributed by atoms with van der Waals surface area (Å²) in [5.74, 6) is 0.748. The fourth-order valence-corrected chi connectivity index (χ4v) is 4.93. The highest BCUT2D eigenvalue weighted by Gasteiger charge is 2.38. The lowest BCUT2D eigenvalue weighted by molar-refractivity contribution is -0.137. The number of halogens is 3. The monoisotopic (exact) mass is 491 g/mol. The Bertz CT molecular complexity index is 1150. The van der Waals surface area contributed by atoms with Crippen LogP contribution in [0.4, 0.5) is 23.7 Å². The van der Waals surface area contributed by atoms with Crippen molar-refractivity contribution in [3.8, 4) is 17.0 Å². The van der Waals surface area contributed by atoms with Gasteiger partial charge in [0.05, 0.1) is 18.4 Å². The zero-order valence-electron chi connectivity index (χ0n) is 18.6. The highest BCUT2D eigenvalue weighted by molar-refractivity contribution is 7.12. The molecule has 0 aliphatic carbocycles. The van der Waals surface area contributed by atoms with E-state index in [-0.39, 0.29) is 5.69 Å². The number of alkyl halides is 3. The lowest BCUT2D eigenvalue weighted by atomic mass is 9.92. The van der Waals surface area contributed by atoms with Gasteiger partial charge in [-0.15, -0.1) is 11.3 Å². The van der Waals surface area contributed by atoms with E-state index in [1.807, 2.05) is 31.2 Å². The van der Waals surface area contributed by atoms with Crippen LogP contribution in [0, 0.1) is 6.92 Å². The Morgan fingerprint density at radius 1 is 1.12 bits per heavy atom. The van der Waals surface area contributed by atoms with E-state index >= 15 is 0 Å². The fraction of sp³-hybridized carbons (Fsp3) is 0.333. The molecule has 2 N–H and O–H groups in total. The number of carbonyl (C=O) groups excluding carboxylic acids is 1. The third-order valence-electron chi connectivity index (χ3n) is 5.90. The van der Waals surface area contributed by atoms with E-state index in [9.17, 15) is 23.1 Å².